The molecule has 0 radical (unpaired) electrons. The van der Waals surface area contributed by atoms with Crippen LogP contribution in [0.25, 0.3) is 11.3 Å². The number of carbonyl (C=O) groups is 1. The Morgan fingerprint density at radius 3 is 2.48 bits per heavy atom. The number of carbonyl (C=O) groups excluding carboxylic acids is 1. The number of aromatic nitrogens is 2. The maximum absolute atomic E-state index is 13.8. The molecule has 3 heterocycles. The highest BCUT2D eigenvalue weighted by Crippen LogP contribution is 2.54. The van der Waals surface area contributed by atoms with Crippen LogP contribution in [0.4, 0.5) is 5.95 Å². The number of anilines is 1. The van der Waals surface area contributed by atoms with E-state index < -0.39 is 10.0 Å². The van der Waals surface area contributed by atoms with Gasteiger partial charge in [-0.2, -0.15) is 4.98 Å². The van der Waals surface area contributed by atoms with Crippen molar-refractivity contribution in [3.8, 4) is 17.1 Å². The van der Waals surface area contributed by atoms with E-state index in [0.29, 0.717) is 42.3 Å². The van der Waals surface area contributed by atoms with Gasteiger partial charge in [-0.05, 0) is 74.3 Å². The lowest BCUT2D eigenvalue weighted by atomic mass is 9.64. The Bertz CT molecular complexity index is 1630. The standard InChI is InChI=1S/C32H37N5O4S.H2/c1-21-7-5-8-22(2)29(21)27-16-28-34-31(33-27)35-42(39,40)26-10-6-9-23(15-26)30(38)37-14-13-36(19-25(20-37)41-28)24-17-32(18-24)11-3-4-12-32;/h5-10,15-16,24-25H,3-4,11-14,17-20H2,1-2H3,(H,33,34,35);1H/t25-;/m1./s1. The topological polar surface area (TPSA) is 105 Å². The molecule has 2 aliphatic carbocycles. The van der Waals surface area contributed by atoms with Crippen LogP contribution >= 0.6 is 0 Å². The number of aryl methyl sites for hydroxylation is 2. The lowest BCUT2D eigenvalue weighted by molar-refractivity contribution is -0.00568. The summed E-state index contributed by atoms with van der Waals surface area (Å²) >= 11 is 0. The molecule has 2 aromatic carbocycles. The first kappa shape index (κ1) is 27.3. The van der Waals surface area contributed by atoms with Gasteiger partial charge in [0, 0.05) is 44.3 Å². The van der Waals surface area contributed by atoms with Crippen LogP contribution in [0.15, 0.2) is 53.4 Å². The normalized spacial score (nSPS) is 23.5. The fraction of sp³-hybridized carbons (Fsp3) is 0.469. The van der Waals surface area contributed by atoms with E-state index in [9.17, 15) is 13.2 Å². The number of benzene rings is 2. The van der Waals surface area contributed by atoms with E-state index in [0.717, 1.165) is 23.2 Å². The molecular formula is C32H39N5O4S. The monoisotopic (exact) mass is 589 g/mol. The zero-order chi connectivity index (χ0) is 29.1. The zero-order valence-electron chi connectivity index (χ0n) is 24.2. The number of nitrogens with one attached hydrogen (secondary N) is 1. The van der Waals surface area contributed by atoms with Crippen LogP contribution < -0.4 is 9.46 Å². The fourth-order valence-corrected chi connectivity index (χ4v) is 8.51. The number of sulfonamides is 1. The highest BCUT2D eigenvalue weighted by molar-refractivity contribution is 7.92. The maximum atomic E-state index is 13.8. The number of fused-ring (bicyclic) bond motifs is 6. The van der Waals surface area contributed by atoms with Crippen molar-refractivity contribution < 1.29 is 19.4 Å². The number of amides is 1. The molecule has 2 aliphatic heterocycles. The number of nitrogens with zero attached hydrogens (tertiary/aromatic N) is 4. The Labute approximate surface area is 248 Å². The molecule has 6 bridgehead atoms. The van der Waals surface area contributed by atoms with Crippen molar-refractivity contribution >= 4 is 21.9 Å². The highest BCUT2D eigenvalue weighted by Gasteiger charge is 2.48. The van der Waals surface area contributed by atoms with Crippen LogP contribution in [0, 0.1) is 19.3 Å². The summed E-state index contributed by atoms with van der Waals surface area (Å²) < 4.78 is 36.0. The first-order valence-electron chi connectivity index (χ1n) is 15.0. The minimum Gasteiger partial charge on any atom is -0.471 e. The summed E-state index contributed by atoms with van der Waals surface area (Å²) in [5.74, 6) is 0.0219. The van der Waals surface area contributed by atoms with Crippen LogP contribution in [-0.4, -0.2) is 72.4 Å². The van der Waals surface area contributed by atoms with Crippen LogP contribution in [0.1, 0.15) is 61.4 Å². The molecule has 9 nitrogen and oxygen atoms in total. The largest absolute Gasteiger partial charge is 0.471 e. The molecule has 3 fully saturated rings. The summed E-state index contributed by atoms with van der Waals surface area (Å²) in [6.45, 7) is 6.38. The Kier molecular flexibility index (Phi) is 6.73. The Balaban J connectivity index is 0.00000329. The van der Waals surface area contributed by atoms with E-state index in [1.807, 2.05) is 32.0 Å². The van der Waals surface area contributed by atoms with E-state index in [-0.39, 0.29) is 30.2 Å². The van der Waals surface area contributed by atoms with Gasteiger partial charge in [-0.3, -0.25) is 9.69 Å². The second-order valence-corrected chi connectivity index (χ2v) is 14.3. The Hall–Kier alpha value is -3.50. The number of ether oxygens (including phenoxy) is 1. The molecule has 222 valence electrons. The molecule has 1 atom stereocenters. The van der Waals surface area contributed by atoms with Gasteiger partial charge in [0.15, 0.2) is 0 Å². The molecule has 1 N–H and O–H groups in total. The van der Waals surface area contributed by atoms with Gasteiger partial charge in [0.2, 0.25) is 11.8 Å². The summed E-state index contributed by atoms with van der Waals surface area (Å²) in [4.78, 5) is 27.2. The zero-order valence-corrected chi connectivity index (χ0v) is 25.0. The van der Waals surface area contributed by atoms with E-state index in [1.54, 1.807) is 23.1 Å². The molecule has 42 heavy (non-hydrogen) atoms. The van der Waals surface area contributed by atoms with Crippen molar-refractivity contribution in [3.05, 3.63) is 65.2 Å². The van der Waals surface area contributed by atoms with Crippen LogP contribution in [-0.2, 0) is 10.0 Å². The molecule has 7 rings (SSSR count). The van der Waals surface area contributed by atoms with Gasteiger partial charge < -0.3 is 9.64 Å². The molecule has 0 unspecified atom stereocenters. The quantitative estimate of drug-likeness (QED) is 0.446. The molecule has 2 saturated carbocycles. The van der Waals surface area contributed by atoms with Crippen molar-refractivity contribution in [1.82, 2.24) is 19.8 Å². The van der Waals surface area contributed by atoms with Gasteiger partial charge in [-0.1, -0.05) is 37.1 Å². The average Bonchev–Trinajstić information content (AvgIpc) is 3.34. The second-order valence-electron chi connectivity index (χ2n) is 12.6. The Morgan fingerprint density at radius 1 is 0.976 bits per heavy atom. The van der Waals surface area contributed by atoms with Crippen molar-refractivity contribution in [3.63, 3.8) is 0 Å². The third-order valence-electron chi connectivity index (χ3n) is 9.67. The van der Waals surface area contributed by atoms with E-state index in [1.165, 1.54) is 50.7 Å². The first-order valence-corrected chi connectivity index (χ1v) is 16.4. The van der Waals surface area contributed by atoms with Gasteiger partial charge in [-0.15, -0.1) is 0 Å². The van der Waals surface area contributed by atoms with Gasteiger partial charge in [0.05, 0.1) is 17.1 Å². The molecule has 3 aromatic rings. The lowest BCUT2D eigenvalue weighted by Crippen LogP contribution is -2.52. The van der Waals surface area contributed by atoms with Crippen molar-refractivity contribution in [1.29, 1.82) is 0 Å². The maximum Gasteiger partial charge on any atom is 0.264 e. The molecule has 1 spiro atoms. The van der Waals surface area contributed by atoms with Crippen molar-refractivity contribution in [2.45, 2.75) is 69.4 Å². The summed E-state index contributed by atoms with van der Waals surface area (Å²) in [6, 6.07) is 14.5. The average molecular weight is 590 g/mol. The first-order chi connectivity index (χ1) is 20.2. The van der Waals surface area contributed by atoms with Crippen molar-refractivity contribution in [2.75, 3.05) is 30.9 Å². The fourth-order valence-electron chi connectivity index (χ4n) is 7.53. The summed E-state index contributed by atoms with van der Waals surface area (Å²) in [7, 11) is -4.07. The van der Waals surface area contributed by atoms with E-state index >= 15 is 0 Å². The molecule has 1 aromatic heterocycles. The molecule has 10 heteroatoms. The van der Waals surface area contributed by atoms with Gasteiger partial charge in [0.1, 0.15) is 6.10 Å². The third-order valence-corrected chi connectivity index (χ3v) is 11.0. The summed E-state index contributed by atoms with van der Waals surface area (Å²) in [5.41, 5.74) is 4.37. The van der Waals surface area contributed by atoms with E-state index in [4.69, 9.17) is 4.74 Å². The second kappa shape index (κ2) is 10.3. The SMILES string of the molecule is Cc1cccc(C)c1-c1cc2nc(n1)NS(=O)(=O)c1cccc(c1)C(=O)N1CCN(C3CC4(CCCC4)C3)C[C@H](C1)O2.[HH]. The lowest BCUT2D eigenvalue weighted by Gasteiger charge is -2.50. The third kappa shape index (κ3) is 5.04. The molecule has 4 aliphatic rings. The summed E-state index contributed by atoms with van der Waals surface area (Å²) in [6.07, 6.45) is 7.42. The molecule has 1 saturated heterocycles. The predicted octanol–water partition coefficient (Wildman–Crippen LogP) is 5.05. The van der Waals surface area contributed by atoms with E-state index in [2.05, 4.69) is 19.6 Å². The van der Waals surface area contributed by atoms with Crippen LogP contribution in [0.5, 0.6) is 5.88 Å². The van der Waals surface area contributed by atoms with Gasteiger partial charge in [-0.25, -0.2) is 18.1 Å². The van der Waals surface area contributed by atoms with Crippen LogP contribution in [0.3, 0.4) is 0 Å². The summed E-state index contributed by atoms with van der Waals surface area (Å²) in [5, 5.41) is 0. The van der Waals surface area contributed by atoms with Crippen LogP contribution in [0.2, 0.25) is 0 Å². The minimum absolute atomic E-state index is 0. The molecule has 1 amide bonds. The molecular weight excluding hydrogens is 550 g/mol. The Morgan fingerprint density at radius 2 is 1.71 bits per heavy atom. The number of hydrogen-bond acceptors (Lipinski definition) is 7. The number of rotatable bonds is 2. The van der Waals surface area contributed by atoms with Gasteiger partial charge in [0.25, 0.3) is 15.9 Å². The van der Waals surface area contributed by atoms with Gasteiger partial charge >= 0.3 is 0 Å². The number of hydrogen-bond donors (Lipinski definition) is 1. The minimum atomic E-state index is -4.07. The highest BCUT2D eigenvalue weighted by atomic mass is 32.2. The predicted molar refractivity (Wildman–Crippen MR) is 162 cm³/mol. The smallest absolute Gasteiger partial charge is 0.264 e. The van der Waals surface area contributed by atoms with Crippen molar-refractivity contribution in [2.24, 2.45) is 5.41 Å².